The molecule has 0 radical (unpaired) electrons. The quantitative estimate of drug-likeness (QED) is 0.488. The van der Waals surface area contributed by atoms with Gasteiger partial charge >= 0.3 is 0 Å². The van der Waals surface area contributed by atoms with Gasteiger partial charge in [0.15, 0.2) is 12.1 Å². The molecule has 34 heavy (non-hydrogen) atoms. The third kappa shape index (κ3) is 4.88. The van der Waals surface area contributed by atoms with Gasteiger partial charge in [0.2, 0.25) is 0 Å². The molecule has 7 heteroatoms. The number of nitrogens with zero attached hydrogens (tertiary/aromatic N) is 2. The van der Waals surface area contributed by atoms with Gasteiger partial charge < -0.3 is 18.9 Å². The van der Waals surface area contributed by atoms with Crippen molar-refractivity contribution in [2.45, 2.75) is 56.9 Å². The number of benzene rings is 2. The Hall–Kier alpha value is -2.35. The van der Waals surface area contributed by atoms with E-state index < -0.39 is 6.29 Å². The van der Waals surface area contributed by atoms with Gasteiger partial charge in [-0.25, -0.2) is 9.97 Å². The number of rotatable bonds is 6. The lowest BCUT2D eigenvalue weighted by Crippen LogP contribution is -2.49. The van der Waals surface area contributed by atoms with Gasteiger partial charge in [-0.2, -0.15) is 0 Å². The molecule has 0 amide bonds. The highest BCUT2D eigenvalue weighted by Gasteiger charge is 2.39. The lowest BCUT2D eigenvalue weighted by Gasteiger charge is -2.39. The van der Waals surface area contributed by atoms with Crippen LogP contribution < -0.4 is 0 Å². The monoisotopic (exact) mass is 480 g/mol. The number of aromatic nitrogens is 2. The minimum Gasteiger partial charge on any atom is -0.379 e. The third-order valence-electron chi connectivity index (χ3n) is 6.73. The van der Waals surface area contributed by atoms with Crippen molar-refractivity contribution in [3.63, 3.8) is 0 Å². The van der Waals surface area contributed by atoms with Crippen LogP contribution in [-0.2, 0) is 31.8 Å². The van der Waals surface area contributed by atoms with E-state index in [9.17, 15) is 0 Å². The van der Waals surface area contributed by atoms with Crippen molar-refractivity contribution >= 4 is 11.6 Å². The van der Waals surface area contributed by atoms with Crippen molar-refractivity contribution in [3.05, 3.63) is 70.9 Å². The summed E-state index contributed by atoms with van der Waals surface area (Å²) in [6.45, 7) is 2.02. The molecule has 178 valence electrons. The van der Waals surface area contributed by atoms with E-state index in [0.717, 1.165) is 36.1 Å². The Kier molecular flexibility index (Phi) is 6.95. The lowest BCUT2D eigenvalue weighted by molar-refractivity contribution is -0.281. The standard InChI is InChI=1S/C27H29ClN2O4/c1-16-24(31-2)15-25(32-3)27(33-16)34-22-13-18-4-5-19(12-20(18)14-22)23-10-11-29-26(30-23)17-6-8-21(28)9-7-17/h4-12,16,22,24-25,27H,13-15H2,1-3H3/t16-,22?,24+,25+,27-/m0/s1. The van der Waals surface area contributed by atoms with E-state index in [1.54, 1.807) is 20.4 Å². The molecule has 3 aromatic rings. The Morgan fingerprint density at radius 2 is 1.65 bits per heavy atom. The van der Waals surface area contributed by atoms with Crippen LogP contribution in [-0.4, -0.2) is 54.9 Å². The largest absolute Gasteiger partial charge is 0.379 e. The Labute approximate surface area is 205 Å². The summed E-state index contributed by atoms with van der Waals surface area (Å²) in [7, 11) is 3.41. The van der Waals surface area contributed by atoms with Gasteiger partial charge in [0.25, 0.3) is 0 Å². The van der Waals surface area contributed by atoms with Crippen molar-refractivity contribution in [1.82, 2.24) is 9.97 Å². The SMILES string of the molecule is CO[C@@H]1C[C@@H](OC)[C@H](C)O[C@H]1OC1Cc2ccc(-c3ccnc(-c4ccc(Cl)cc4)n3)cc2C1. The van der Waals surface area contributed by atoms with Gasteiger partial charge in [-0.1, -0.05) is 23.7 Å². The second-order valence-corrected chi connectivity index (χ2v) is 9.35. The van der Waals surface area contributed by atoms with Gasteiger partial charge in [-0.3, -0.25) is 0 Å². The molecule has 5 rings (SSSR count). The molecule has 0 saturated carbocycles. The van der Waals surface area contributed by atoms with Gasteiger partial charge in [-0.05, 0) is 67.3 Å². The predicted octanol–water partition coefficient (Wildman–Crippen LogP) is 5.11. The molecule has 0 bridgehead atoms. The Morgan fingerprint density at radius 3 is 2.41 bits per heavy atom. The Morgan fingerprint density at radius 1 is 0.912 bits per heavy atom. The van der Waals surface area contributed by atoms with Crippen molar-refractivity contribution in [1.29, 1.82) is 0 Å². The number of hydrogen-bond donors (Lipinski definition) is 0. The number of halogens is 1. The van der Waals surface area contributed by atoms with Crippen LogP contribution >= 0.6 is 11.6 Å². The molecule has 1 aliphatic carbocycles. The van der Waals surface area contributed by atoms with E-state index in [4.69, 9.17) is 35.5 Å². The minimum atomic E-state index is -0.394. The Balaban J connectivity index is 1.30. The highest BCUT2D eigenvalue weighted by Crippen LogP contribution is 2.32. The number of methoxy groups -OCH3 is 2. The predicted molar refractivity (Wildman–Crippen MR) is 131 cm³/mol. The molecular weight excluding hydrogens is 452 g/mol. The summed E-state index contributed by atoms with van der Waals surface area (Å²) >= 11 is 6.02. The fourth-order valence-corrected chi connectivity index (χ4v) is 4.94. The Bertz CT molecular complexity index is 1140. The lowest BCUT2D eigenvalue weighted by atomic mass is 10.0. The fraction of sp³-hybridized carbons (Fsp3) is 0.407. The zero-order valence-corrected chi connectivity index (χ0v) is 20.4. The van der Waals surface area contributed by atoms with Gasteiger partial charge in [-0.15, -0.1) is 0 Å². The molecule has 1 aromatic heterocycles. The normalized spacial score (nSPS) is 26.4. The number of hydrogen-bond acceptors (Lipinski definition) is 6. The molecule has 1 unspecified atom stereocenters. The average Bonchev–Trinajstić information content (AvgIpc) is 3.26. The summed E-state index contributed by atoms with van der Waals surface area (Å²) in [5.41, 5.74) is 5.47. The average molecular weight is 481 g/mol. The maximum atomic E-state index is 6.39. The van der Waals surface area contributed by atoms with Gasteiger partial charge in [0.1, 0.15) is 6.10 Å². The molecule has 2 aromatic carbocycles. The second-order valence-electron chi connectivity index (χ2n) is 8.92. The van der Waals surface area contributed by atoms with E-state index in [2.05, 4.69) is 23.2 Å². The molecule has 1 fully saturated rings. The summed E-state index contributed by atoms with van der Waals surface area (Å²) in [6.07, 6.45) is 3.72. The molecule has 1 aliphatic heterocycles. The molecule has 1 saturated heterocycles. The van der Waals surface area contributed by atoms with Crippen LogP contribution in [0.2, 0.25) is 5.02 Å². The topological polar surface area (TPSA) is 62.7 Å². The maximum Gasteiger partial charge on any atom is 0.184 e. The summed E-state index contributed by atoms with van der Waals surface area (Å²) < 4.78 is 23.7. The van der Waals surface area contributed by atoms with Crippen molar-refractivity contribution in [2.24, 2.45) is 0 Å². The first-order valence-corrected chi connectivity index (χ1v) is 12.0. The first-order chi connectivity index (χ1) is 16.5. The van der Waals surface area contributed by atoms with Crippen molar-refractivity contribution in [3.8, 4) is 22.6 Å². The smallest absolute Gasteiger partial charge is 0.184 e. The summed E-state index contributed by atoms with van der Waals surface area (Å²) in [5, 5.41) is 0.693. The van der Waals surface area contributed by atoms with Crippen molar-refractivity contribution in [2.75, 3.05) is 14.2 Å². The van der Waals surface area contributed by atoms with Crippen LogP contribution in [0.4, 0.5) is 0 Å². The van der Waals surface area contributed by atoms with Crippen molar-refractivity contribution < 1.29 is 18.9 Å². The van der Waals surface area contributed by atoms with E-state index in [-0.39, 0.29) is 24.4 Å². The first-order valence-electron chi connectivity index (χ1n) is 11.6. The van der Waals surface area contributed by atoms with Crippen LogP contribution in [0.3, 0.4) is 0 Å². The third-order valence-corrected chi connectivity index (χ3v) is 6.98. The van der Waals surface area contributed by atoms with Crippen LogP contribution in [0.15, 0.2) is 54.7 Å². The second kappa shape index (κ2) is 10.1. The molecule has 6 nitrogen and oxygen atoms in total. The summed E-state index contributed by atoms with van der Waals surface area (Å²) in [6, 6.07) is 16.0. The van der Waals surface area contributed by atoms with E-state index in [1.807, 2.05) is 37.3 Å². The van der Waals surface area contributed by atoms with E-state index in [1.165, 1.54) is 11.1 Å². The highest BCUT2D eigenvalue weighted by atomic mass is 35.5. The van der Waals surface area contributed by atoms with Crippen LogP contribution in [0.25, 0.3) is 22.6 Å². The molecule has 2 heterocycles. The molecular formula is C27H29ClN2O4. The van der Waals surface area contributed by atoms with Crippen LogP contribution in [0.1, 0.15) is 24.5 Å². The number of ether oxygens (including phenoxy) is 4. The zero-order valence-electron chi connectivity index (χ0n) is 19.6. The molecule has 0 N–H and O–H groups in total. The highest BCUT2D eigenvalue weighted by molar-refractivity contribution is 6.30. The number of fused-ring (bicyclic) bond motifs is 1. The van der Waals surface area contributed by atoms with Crippen LogP contribution in [0.5, 0.6) is 0 Å². The van der Waals surface area contributed by atoms with Gasteiger partial charge in [0.05, 0.1) is 24.0 Å². The van der Waals surface area contributed by atoms with Gasteiger partial charge in [0, 0.05) is 43.0 Å². The zero-order chi connectivity index (χ0) is 23.7. The minimum absolute atomic E-state index is 0.0127. The molecule has 0 spiro atoms. The van der Waals surface area contributed by atoms with E-state index in [0.29, 0.717) is 10.8 Å². The van der Waals surface area contributed by atoms with Crippen LogP contribution in [0, 0.1) is 0 Å². The fourth-order valence-electron chi connectivity index (χ4n) is 4.81. The summed E-state index contributed by atoms with van der Waals surface area (Å²) in [5.74, 6) is 0.680. The van der Waals surface area contributed by atoms with E-state index >= 15 is 0 Å². The summed E-state index contributed by atoms with van der Waals surface area (Å²) in [4.78, 5) is 9.23. The molecule has 2 aliphatic rings. The molecule has 5 atom stereocenters. The first kappa shape index (κ1) is 23.4. The maximum absolute atomic E-state index is 6.39.